The van der Waals surface area contributed by atoms with Gasteiger partial charge >= 0.3 is 0 Å². The Morgan fingerprint density at radius 2 is 1.21 bits per heavy atom. The lowest BCUT2D eigenvalue weighted by Gasteiger charge is -2.45. The molecule has 1 saturated carbocycles. The van der Waals surface area contributed by atoms with Gasteiger partial charge in [0, 0.05) is 23.9 Å². The highest BCUT2D eigenvalue weighted by atomic mass is 16.7. The van der Waals surface area contributed by atoms with E-state index in [-0.39, 0.29) is 37.5 Å². The fourth-order valence-corrected chi connectivity index (χ4v) is 5.08. The number of fused-ring (bicyclic) bond motifs is 4. The predicted octanol–water partition coefficient (Wildman–Crippen LogP) is 3.52. The van der Waals surface area contributed by atoms with Crippen LogP contribution in [0.2, 0.25) is 0 Å². The molecule has 1 N–H and O–H groups in total. The normalized spacial score (nSPS) is 29.8. The largest absolute Gasteiger partial charge is 0.454 e. The summed E-state index contributed by atoms with van der Waals surface area (Å²) in [6.07, 6.45) is 2.93. The van der Waals surface area contributed by atoms with Crippen LogP contribution in [0, 0.1) is 11.8 Å². The zero-order chi connectivity index (χ0) is 18.7. The molecule has 28 heavy (non-hydrogen) atoms. The maximum atomic E-state index is 13.3. The SMILES string of the molecule is O=C1[C@H]2CCC[C@H]1[C@H](c1ccc3c(c1)OCO3)N[C@H]2c1ccc2c(c1)OCO2. The Morgan fingerprint density at radius 1 is 0.714 bits per heavy atom. The lowest BCUT2D eigenvalue weighted by Crippen LogP contribution is -2.50. The average molecular weight is 379 g/mol. The average Bonchev–Trinajstić information content (AvgIpc) is 3.36. The molecule has 3 heterocycles. The van der Waals surface area contributed by atoms with Gasteiger partial charge in [-0.25, -0.2) is 0 Å². The fourth-order valence-electron chi connectivity index (χ4n) is 5.08. The van der Waals surface area contributed by atoms with Crippen molar-refractivity contribution in [2.24, 2.45) is 11.8 Å². The van der Waals surface area contributed by atoms with Crippen molar-refractivity contribution in [2.45, 2.75) is 31.3 Å². The first-order chi connectivity index (χ1) is 13.8. The summed E-state index contributed by atoms with van der Waals surface area (Å²) in [6, 6.07) is 11.9. The summed E-state index contributed by atoms with van der Waals surface area (Å²) in [6.45, 7) is 0.502. The van der Waals surface area contributed by atoms with Crippen molar-refractivity contribution >= 4 is 5.78 Å². The van der Waals surface area contributed by atoms with Gasteiger partial charge in [0.25, 0.3) is 0 Å². The summed E-state index contributed by atoms with van der Waals surface area (Å²) in [5.41, 5.74) is 2.15. The number of carbonyl (C=O) groups is 1. The van der Waals surface area contributed by atoms with Crippen LogP contribution in [0.5, 0.6) is 23.0 Å². The van der Waals surface area contributed by atoms with E-state index in [1.165, 1.54) is 0 Å². The number of hydrogen-bond acceptors (Lipinski definition) is 6. The van der Waals surface area contributed by atoms with Gasteiger partial charge in [-0.15, -0.1) is 0 Å². The first-order valence-corrected chi connectivity index (χ1v) is 9.87. The molecule has 6 nitrogen and oxygen atoms in total. The van der Waals surface area contributed by atoms with Crippen LogP contribution >= 0.6 is 0 Å². The minimum atomic E-state index is -0.0334. The summed E-state index contributed by atoms with van der Waals surface area (Å²) in [5, 5.41) is 3.79. The van der Waals surface area contributed by atoms with Crippen LogP contribution in [0.3, 0.4) is 0 Å². The predicted molar refractivity (Wildman–Crippen MR) is 99.6 cm³/mol. The second-order valence-electron chi connectivity index (χ2n) is 7.89. The van der Waals surface area contributed by atoms with Crippen LogP contribution in [0.1, 0.15) is 42.5 Å². The summed E-state index contributed by atoms with van der Waals surface area (Å²) >= 11 is 0. The number of benzene rings is 2. The lowest BCUT2D eigenvalue weighted by molar-refractivity contribution is -0.135. The molecule has 2 bridgehead atoms. The van der Waals surface area contributed by atoms with Gasteiger partial charge in [0.15, 0.2) is 23.0 Å². The van der Waals surface area contributed by atoms with E-state index in [0.29, 0.717) is 5.78 Å². The monoisotopic (exact) mass is 379 g/mol. The van der Waals surface area contributed by atoms with Crippen LogP contribution in [0.25, 0.3) is 0 Å². The molecule has 0 unspecified atom stereocenters. The highest BCUT2D eigenvalue weighted by molar-refractivity contribution is 5.87. The van der Waals surface area contributed by atoms with Crippen molar-refractivity contribution in [1.82, 2.24) is 5.32 Å². The first kappa shape index (κ1) is 16.2. The van der Waals surface area contributed by atoms with Crippen molar-refractivity contribution in [3.8, 4) is 23.0 Å². The zero-order valence-corrected chi connectivity index (χ0v) is 15.4. The third-order valence-corrected chi connectivity index (χ3v) is 6.44. The second kappa shape index (κ2) is 6.14. The number of ketones is 1. The van der Waals surface area contributed by atoms with Crippen LogP contribution in [-0.4, -0.2) is 19.4 Å². The second-order valence-corrected chi connectivity index (χ2v) is 7.89. The zero-order valence-electron chi connectivity index (χ0n) is 15.4. The van der Waals surface area contributed by atoms with E-state index in [1.54, 1.807) is 0 Å². The van der Waals surface area contributed by atoms with Crippen molar-refractivity contribution in [3.05, 3.63) is 47.5 Å². The van der Waals surface area contributed by atoms with Crippen LogP contribution in [0.15, 0.2) is 36.4 Å². The molecular weight excluding hydrogens is 358 g/mol. The third-order valence-electron chi connectivity index (χ3n) is 6.44. The smallest absolute Gasteiger partial charge is 0.231 e. The van der Waals surface area contributed by atoms with Gasteiger partial charge in [-0.05, 0) is 48.2 Å². The lowest BCUT2D eigenvalue weighted by atomic mass is 9.67. The fraction of sp³-hybridized carbons (Fsp3) is 0.409. The van der Waals surface area contributed by atoms with Crippen molar-refractivity contribution in [1.29, 1.82) is 0 Å². The summed E-state index contributed by atoms with van der Waals surface area (Å²) in [4.78, 5) is 13.3. The number of hydrogen-bond donors (Lipinski definition) is 1. The van der Waals surface area contributed by atoms with Gasteiger partial charge in [0.1, 0.15) is 5.78 Å². The molecule has 3 aliphatic heterocycles. The molecule has 0 spiro atoms. The molecule has 0 radical (unpaired) electrons. The first-order valence-electron chi connectivity index (χ1n) is 9.87. The summed E-state index contributed by atoms with van der Waals surface area (Å²) in [5.74, 6) is 3.41. The number of carbonyl (C=O) groups excluding carboxylic acids is 1. The Hall–Kier alpha value is -2.73. The molecule has 1 aliphatic carbocycles. The Bertz CT molecular complexity index is 884. The molecule has 2 fully saturated rings. The number of nitrogens with one attached hydrogen (secondary N) is 1. The topological polar surface area (TPSA) is 66.0 Å². The maximum absolute atomic E-state index is 13.3. The van der Waals surface area contributed by atoms with E-state index in [1.807, 2.05) is 36.4 Å². The molecule has 2 aromatic carbocycles. The Morgan fingerprint density at radius 3 is 1.75 bits per heavy atom. The Kier molecular flexibility index (Phi) is 3.56. The van der Waals surface area contributed by atoms with Crippen molar-refractivity contribution in [2.75, 3.05) is 13.6 Å². The number of Topliss-reactive ketones (excluding diaryl/α,β-unsaturated/α-hetero) is 1. The Labute approximate surface area is 162 Å². The molecule has 4 atom stereocenters. The molecule has 0 aromatic heterocycles. The minimum Gasteiger partial charge on any atom is -0.454 e. The maximum Gasteiger partial charge on any atom is 0.231 e. The number of rotatable bonds is 2. The number of ether oxygens (including phenoxy) is 4. The third kappa shape index (κ3) is 2.41. The standard InChI is InChI=1S/C22H21NO5/c24-22-14-2-1-3-15(22)21(13-5-7-17-19(9-13)28-11-26-17)23-20(14)12-4-6-16-18(8-12)27-10-25-16/h4-9,14-15,20-21,23H,1-3,10-11H2/t14-,15-,20-,21-/m0/s1. The van der Waals surface area contributed by atoms with Gasteiger partial charge in [-0.3, -0.25) is 4.79 Å². The highest BCUT2D eigenvalue weighted by Crippen LogP contribution is 2.48. The molecule has 1 saturated heterocycles. The molecule has 2 aromatic rings. The Balaban J connectivity index is 1.38. The van der Waals surface area contributed by atoms with Crippen molar-refractivity contribution in [3.63, 3.8) is 0 Å². The molecule has 6 rings (SSSR count). The van der Waals surface area contributed by atoms with Crippen LogP contribution in [0.4, 0.5) is 0 Å². The highest BCUT2D eigenvalue weighted by Gasteiger charge is 2.46. The van der Waals surface area contributed by atoms with Crippen LogP contribution in [-0.2, 0) is 4.79 Å². The van der Waals surface area contributed by atoms with Gasteiger partial charge in [-0.1, -0.05) is 18.6 Å². The quantitative estimate of drug-likeness (QED) is 0.861. The number of piperidine rings is 1. The molecule has 0 amide bonds. The van der Waals surface area contributed by atoms with Gasteiger partial charge in [0.05, 0.1) is 0 Å². The van der Waals surface area contributed by atoms with E-state index in [2.05, 4.69) is 5.32 Å². The van der Waals surface area contributed by atoms with E-state index in [0.717, 1.165) is 53.4 Å². The molecule has 6 heteroatoms. The van der Waals surface area contributed by atoms with Gasteiger partial charge < -0.3 is 24.3 Å². The van der Waals surface area contributed by atoms with Crippen molar-refractivity contribution < 1.29 is 23.7 Å². The van der Waals surface area contributed by atoms with E-state index in [9.17, 15) is 4.79 Å². The molecular formula is C22H21NO5. The minimum absolute atomic E-state index is 0.00406. The van der Waals surface area contributed by atoms with Crippen LogP contribution < -0.4 is 24.3 Å². The van der Waals surface area contributed by atoms with E-state index in [4.69, 9.17) is 18.9 Å². The summed E-state index contributed by atoms with van der Waals surface area (Å²) < 4.78 is 22.0. The molecule has 144 valence electrons. The molecule has 4 aliphatic rings. The van der Waals surface area contributed by atoms with E-state index >= 15 is 0 Å². The van der Waals surface area contributed by atoms with Gasteiger partial charge in [0.2, 0.25) is 13.6 Å². The summed E-state index contributed by atoms with van der Waals surface area (Å²) in [7, 11) is 0. The van der Waals surface area contributed by atoms with E-state index < -0.39 is 0 Å². The van der Waals surface area contributed by atoms with Gasteiger partial charge in [-0.2, -0.15) is 0 Å².